The molecule has 98 valence electrons. The van der Waals surface area contributed by atoms with E-state index in [1.807, 2.05) is 24.3 Å². The molecule has 1 aliphatic rings. The third-order valence-electron chi connectivity index (χ3n) is 3.28. The molecule has 1 unspecified atom stereocenters. The Balaban J connectivity index is 1.84. The summed E-state index contributed by atoms with van der Waals surface area (Å²) in [5, 5.41) is 2.84. The molecule has 1 aromatic carbocycles. The zero-order valence-corrected chi connectivity index (χ0v) is 10.7. The van der Waals surface area contributed by atoms with E-state index < -0.39 is 6.10 Å². The van der Waals surface area contributed by atoms with Gasteiger partial charge in [0.25, 0.3) is 5.91 Å². The first-order chi connectivity index (χ1) is 8.69. The van der Waals surface area contributed by atoms with Gasteiger partial charge in [0.05, 0.1) is 6.10 Å². The van der Waals surface area contributed by atoms with E-state index in [0.29, 0.717) is 6.54 Å². The molecule has 2 rings (SSSR count). The van der Waals surface area contributed by atoms with Crippen molar-refractivity contribution in [1.82, 2.24) is 0 Å². The Bertz CT molecular complexity index is 399. The molecule has 1 fully saturated rings. The number of amides is 1. The Morgan fingerprint density at radius 3 is 2.61 bits per heavy atom. The van der Waals surface area contributed by atoms with Crippen LogP contribution in [0, 0.1) is 0 Å². The lowest BCUT2D eigenvalue weighted by Crippen LogP contribution is -2.34. The minimum atomic E-state index is -0.399. The predicted molar refractivity (Wildman–Crippen MR) is 71.1 cm³/mol. The normalized spacial score (nSPS) is 17.0. The van der Waals surface area contributed by atoms with Gasteiger partial charge in [0.15, 0.2) is 0 Å². The van der Waals surface area contributed by atoms with E-state index in [9.17, 15) is 4.79 Å². The first-order valence-corrected chi connectivity index (χ1v) is 6.44. The van der Waals surface area contributed by atoms with Crippen LogP contribution >= 0.6 is 0 Å². The molecule has 3 N–H and O–H groups in total. The Morgan fingerprint density at radius 1 is 1.44 bits per heavy atom. The predicted octanol–water partition coefficient (Wildman–Crippen LogP) is 2.04. The lowest BCUT2D eigenvalue weighted by molar-refractivity contribution is -0.133. The fourth-order valence-corrected chi connectivity index (χ4v) is 1.83. The van der Waals surface area contributed by atoms with E-state index in [0.717, 1.165) is 24.1 Å². The highest BCUT2D eigenvalue weighted by Gasteiger charge is 2.23. The average Bonchev–Trinajstić information content (AvgIpc) is 2.34. The molecule has 0 saturated heterocycles. The van der Waals surface area contributed by atoms with Crippen LogP contribution in [0.25, 0.3) is 0 Å². The molecule has 1 saturated carbocycles. The molecule has 18 heavy (non-hydrogen) atoms. The molecular formula is C14H20N2O2. The molecular weight excluding hydrogens is 228 g/mol. The van der Waals surface area contributed by atoms with E-state index in [1.165, 1.54) is 6.42 Å². The van der Waals surface area contributed by atoms with Crippen LogP contribution in [0.5, 0.6) is 0 Å². The van der Waals surface area contributed by atoms with Crippen LogP contribution in [-0.4, -0.2) is 18.1 Å². The topological polar surface area (TPSA) is 64.3 Å². The minimum absolute atomic E-state index is 0.0950. The number of benzene rings is 1. The first kappa shape index (κ1) is 13.1. The second-order valence-corrected chi connectivity index (χ2v) is 4.72. The number of anilines is 1. The number of hydrogen-bond donors (Lipinski definition) is 2. The number of ether oxygens (including phenoxy) is 1. The molecule has 1 atom stereocenters. The van der Waals surface area contributed by atoms with Gasteiger partial charge in [-0.25, -0.2) is 0 Å². The Hall–Kier alpha value is -1.39. The Labute approximate surface area is 108 Å². The van der Waals surface area contributed by atoms with Crippen molar-refractivity contribution in [2.24, 2.45) is 5.73 Å². The van der Waals surface area contributed by atoms with Crippen molar-refractivity contribution < 1.29 is 9.53 Å². The second kappa shape index (κ2) is 5.98. The SMILES string of the molecule is CC(OC1CCC1)C(=O)Nc1ccc(CN)cc1. The van der Waals surface area contributed by atoms with Gasteiger partial charge in [-0.1, -0.05) is 12.1 Å². The molecule has 1 aromatic rings. The van der Waals surface area contributed by atoms with Gasteiger partial charge in [-0.05, 0) is 43.9 Å². The maximum absolute atomic E-state index is 11.9. The zero-order valence-electron chi connectivity index (χ0n) is 10.7. The van der Waals surface area contributed by atoms with Crippen LogP contribution < -0.4 is 11.1 Å². The van der Waals surface area contributed by atoms with Crippen LogP contribution in [0.1, 0.15) is 31.7 Å². The summed E-state index contributed by atoms with van der Waals surface area (Å²) in [6, 6.07) is 7.53. The number of nitrogens with one attached hydrogen (secondary N) is 1. The number of nitrogens with two attached hydrogens (primary N) is 1. The zero-order chi connectivity index (χ0) is 13.0. The monoisotopic (exact) mass is 248 g/mol. The van der Waals surface area contributed by atoms with Crippen molar-refractivity contribution in [2.45, 2.75) is 44.9 Å². The third kappa shape index (κ3) is 3.31. The van der Waals surface area contributed by atoms with E-state index >= 15 is 0 Å². The van der Waals surface area contributed by atoms with Gasteiger partial charge in [0.1, 0.15) is 6.10 Å². The smallest absolute Gasteiger partial charge is 0.253 e. The lowest BCUT2D eigenvalue weighted by atomic mass is 9.96. The largest absolute Gasteiger partial charge is 0.365 e. The first-order valence-electron chi connectivity index (χ1n) is 6.44. The molecule has 4 heteroatoms. The molecule has 0 radical (unpaired) electrons. The molecule has 0 bridgehead atoms. The number of hydrogen-bond acceptors (Lipinski definition) is 3. The van der Waals surface area contributed by atoms with Crippen LogP contribution in [-0.2, 0) is 16.1 Å². The van der Waals surface area contributed by atoms with E-state index in [4.69, 9.17) is 10.5 Å². The molecule has 0 heterocycles. The van der Waals surface area contributed by atoms with E-state index in [2.05, 4.69) is 5.32 Å². The van der Waals surface area contributed by atoms with Gasteiger partial charge in [-0.2, -0.15) is 0 Å². The highest BCUT2D eigenvalue weighted by Crippen LogP contribution is 2.23. The Morgan fingerprint density at radius 2 is 2.11 bits per heavy atom. The summed E-state index contributed by atoms with van der Waals surface area (Å²) in [4.78, 5) is 11.9. The standard InChI is InChI=1S/C14H20N2O2/c1-10(18-13-3-2-4-13)14(17)16-12-7-5-11(9-15)6-8-12/h5-8,10,13H,2-4,9,15H2,1H3,(H,16,17). The molecule has 0 spiro atoms. The van der Waals surface area contributed by atoms with Crippen molar-refractivity contribution in [3.05, 3.63) is 29.8 Å². The maximum Gasteiger partial charge on any atom is 0.253 e. The van der Waals surface area contributed by atoms with Gasteiger partial charge in [0.2, 0.25) is 0 Å². The van der Waals surface area contributed by atoms with Crippen molar-refractivity contribution in [3.8, 4) is 0 Å². The van der Waals surface area contributed by atoms with Gasteiger partial charge in [-0.3, -0.25) is 4.79 Å². The van der Waals surface area contributed by atoms with Crippen LogP contribution in [0.2, 0.25) is 0 Å². The summed E-state index contributed by atoms with van der Waals surface area (Å²) in [6.07, 6.45) is 3.22. The van der Waals surface area contributed by atoms with Crippen LogP contribution in [0.15, 0.2) is 24.3 Å². The van der Waals surface area contributed by atoms with Gasteiger partial charge < -0.3 is 15.8 Å². The van der Waals surface area contributed by atoms with Crippen molar-refractivity contribution in [3.63, 3.8) is 0 Å². The quantitative estimate of drug-likeness (QED) is 0.838. The highest BCUT2D eigenvalue weighted by molar-refractivity contribution is 5.93. The van der Waals surface area contributed by atoms with Crippen LogP contribution in [0.3, 0.4) is 0 Å². The van der Waals surface area contributed by atoms with Gasteiger partial charge in [-0.15, -0.1) is 0 Å². The lowest BCUT2D eigenvalue weighted by Gasteiger charge is -2.28. The molecule has 4 nitrogen and oxygen atoms in total. The Kier molecular flexibility index (Phi) is 4.33. The molecule has 0 aromatic heterocycles. The summed E-state index contributed by atoms with van der Waals surface area (Å²) in [6.45, 7) is 2.30. The third-order valence-corrected chi connectivity index (χ3v) is 3.28. The fourth-order valence-electron chi connectivity index (χ4n) is 1.83. The van der Waals surface area contributed by atoms with Gasteiger partial charge >= 0.3 is 0 Å². The molecule has 1 amide bonds. The summed E-state index contributed by atoms with van der Waals surface area (Å²) in [5.41, 5.74) is 7.35. The number of carbonyl (C=O) groups excluding carboxylic acids is 1. The highest BCUT2D eigenvalue weighted by atomic mass is 16.5. The molecule has 0 aliphatic heterocycles. The summed E-state index contributed by atoms with van der Waals surface area (Å²) < 4.78 is 5.63. The maximum atomic E-state index is 11.9. The number of rotatable bonds is 5. The average molecular weight is 248 g/mol. The van der Waals surface area contributed by atoms with Crippen molar-refractivity contribution in [1.29, 1.82) is 0 Å². The van der Waals surface area contributed by atoms with E-state index in [-0.39, 0.29) is 12.0 Å². The van der Waals surface area contributed by atoms with Crippen molar-refractivity contribution >= 4 is 11.6 Å². The minimum Gasteiger partial charge on any atom is -0.365 e. The van der Waals surface area contributed by atoms with Crippen molar-refractivity contribution in [2.75, 3.05) is 5.32 Å². The summed E-state index contributed by atoms with van der Waals surface area (Å²) in [5.74, 6) is -0.0950. The van der Waals surface area contributed by atoms with Crippen LogP contribution in [0.4, 0.5) is 5.69 Å². The summed E-state index contributed by atoms with van der Waals surface area (Å²) >= 11 is 0. The number of carbonyl (C=O) groups is 1. The second-order valence-electron chi connectivity index (χ2n) is 4.72. The van der Waals surface area contributed by atoms with Gasteiger partial charge in [0, 0.05) is 12.2 Å². The fraction of sp³-hybridized carbons (Fsp3) is 0.500. The molecule has 1 aliphatic carbocycles. The van der Waals surface area contributed by atoms with E-state index in [1.54, 1.807) is 6.92 Å². The summed E-state index contributed by atoms with van der Waals surface area (Å²) in [7, 11) is 0.